The maximum Gasteiger partial charge on any atom is 0.315 e. The number of nitriles is 1. The first kappa shape index (κ1) is 9.82. The number of amides is 1. The molecule has 0 aliphatic heterocycles. The Morgan fingerprint density at radius 2 is 2.09 bits per heavy atom. The molecule has 5 heteroatoms. The van der Waals surface area contributed by atoms with E-state index in [0.717, 1.165) is 0 Å². The average molecular weight is 162 g/mol. The number of rotatable bonds is 2. The molecule has 0 aliphatic carbocycles. The van der Waals surface area contributed by atoms with Crippen LogP contribution < -0.4 is 0 Å². The van der Waals surface area contributed by atoms with Gasteiger partial charge in [-0.05, 0) is 6.92 Å². The predicted octanol–water partition coefficient (Wildman–Crippen LogP) is 0.622. The number of nitrogens with zero attached hydrogens (tertiary/aromatic N) is 2. The number of carbonyl (C=O) groups is 1. The highest BCUT2D eigenvalue weighted by molar-refractivity contribution is 5.79. The molecule has 1 atom stereocenters. The fourth-order valence-electron chi connectivity index (χ4n) is 0.431. The second-order valence-electron chi connectivity index (χ2n) is 2.05. The summed E-state index contributed by atoms with van der Waals surface area (Å²) >= 11 is 0. The molecule has 0 aromatic carbocycles. The van der Waals surface area contributed by atoms with Gasteiger partial charge in [-0.1, -0.05) is 0 Å². The third-order valence-electron chi connectivity index (χ3n) is 1.30. The van der Waals surface area contributed by atoms with Gasteiger partial charge in [-0.3, -0.25) is 4.79 Å². The minimum Gasteiger partial charge on any atom is -0.325 e. The van der Waals surface area contributed by atoms with Gasteiger partial charge >= 0.3 is 6.43 Å². The fourth-order valence-corrected chi connectivity index (χ4v) is 0.431. The lowest BCUT2D eigenvalue weighted by molar-refractivity contribution is -0.142. The van der Waals surface area contributed by atoms with E-state index in [4.69, 9.17) is 5.26 Å². The van der Waals surface area contributed by atoms with Crippen molar-refractivity contribution in [2.24, 2.45) is 0 Å². The van der Waals surface area contributed by atoms with Gasteiger partial charge in [-0.25, -0.2) is 0 Å². The van der Waals surface area contributed by atoms with Crippen molar-refractivity contribution >= 4 is 5.91 Å². The van der Waals surface area contributed by atoms with Crippen LogP contribution in [-0.2, 0) is 4.79 Å². The summed E-state index contributed by atoms with van der Waals surface area (Å²) in [5.41, 5.74) is 0. The van der Waals surface area contributed by atoms with E-state index in [0.29, 0.717) is 4.90 Å². The number of hydrogen-bond donors (Lipinski definition) is 0. The summed E-state index contributed by atoms with van der Waals surface area (Å²) < 4.78 is 23.3. The van der Waals surface area contributed by atoms with Crippen LogP contribution in [0.4, 0.5) is 8.78 Å². The Morgan fingerprint density at radius 1 is 1.64 bits per heavy atom. The summed E-state index contributed by atoms with van der Waals surface area (Å²) in [5.74, 6) is -1.32. The maximum absolute atomic E-state index is 11.7. The van der Waals surface area contributed by atoms with Gasteiger partial charge in [0.25, 0.3) is 5.91 Å². The topological polar surface area (TPSA) is 44.1 Å². The second kappa shape index (κ2) is 3.86. The van der Waals surface area contributed by atoms with Crippen LogP contribution in [0.5, 0.6) is 0 Å². The highest BCUT2D eigenvalue weighted by Crippen LogP contribution is 2.01. The van der Waals surface area contributed by atoms with E-state index in [1.807, 2.05) is 0 Å². The van der Waals surface area contributed by atoms with E-state index >= 15 is 0 Å². The first-order valence-corrected chi connectivity index (χ1v) is 2.95. The van der Waals surface area contributed by atoms with Crippen molar-refractivity contribution in [3.05, 3.63) is 0 Å². The van der Waals surface area contributed by atoms with Crippen molar-refractivity contribution in [1.82, 2.24) is 4.90 Å². The zero-order valence-corrected chi connectivity index (χ0v) is 6.21. The fraction of sp³-hybridized carbons (Fsp3) is 0.667. The number of carbonyl (C=O) groups excluding carboxylic acids is 1. The zero-order valence-electron chi connectivity index (χ0n) is 6.21. The van der Waals surface area contributed by atoms with Gasteiger partial charge in [0.2, 0.25) is 0 Å². The molecule has 0 rings (SSSR count). The van der Waals surface area contributed by atoms with E-state index in [-0.39, 0.29) is 0 Å². The van der Waals surface area contributed by atoms with Gasteiger partial charge in [-0.2, -0.15) is 14.0 Å². The van der Waals surface area contributed by atoms with Crippen LogP contribution in [0.2, 0.25) is 0 Å². The van der Waals surface area contributed by atoms with Gasteiger partial charge in [0.1, 0.15) is 6.04 Å². The molecule has 0 heterocycles. The molecule has 0 bridgehead atoms. The minimum absolute atomic E-state index is 0.713. The normalized spacial score (nSPS) is 12.4. The second-order valence-corrected chi connectivity index (χ2v) is 2.05. The molecular formula is C6H8F2N2O. The average Bonchev–Trinajstić information content (AvgIpc) is 2.00. The highest BCUT2D eigenvalue weighted by atomic mass is 19.3. The van der Waals surface area contributed by atoms with Crippen LogP contribution in [0.1, 0.15) is 6.92 Å². The van der Waals surface area contributed by atoms with Gasteiger partial charge in [0.05, 0.1) is 6.07 Å². The summed E-state index contributed by atoms with van der Waals surface area (Å²) in [7, 11) is 1.17. The Labute approximate surface area is 63.2 Å². The molecule has 3 nitrogen and oxygen atoms in total. The Kier molecular flexibility index (Phi) is 3.45. The molecule has 0 saturated carbocycles. The van der Waals surface area contributed by atoms with Gasteiger partial charge < -0.3 is 4.90 Å². The third kappa shape index (κ3) is 2.50. The first-order valence-electron chi connectivity index (χ1n) is 2.95. The predicted molar refractivity (Wildman–Crippen MR) is 33.8 cm³/mol. The highest BCUT2D eigenvalue weighted by Gasteiger charge is 2.23. The molecule has 0 aliphatic rings. The van der Waals surface area contributed by atoms with Crippen molar-refractivity contribution in [1.29, 1.82) is 5.26 Å². The summed E-state index contributed by atoms with van der Waals surface area (Å²) in [6.45, 7) is 1.38. The standard InChI is InChI=1S/C6H8F2N2O/c1-4(3-9)10(2)6(11)5(7)8/h4-5H,1-2H3. The van der Waals surface area contributed by atoms with Crippen LogP contribution >= 0.6 is 0 Å². The molecule has 0 N–H and O–H groups in total. The Bertz CT molecular complexity index is 188. The van der Waals surface area contributed by atoms with Crippen molar-refractivity contribution in [2.45, 2.75) is 19.4 Å². The smallest absolute Gasteiger partial charge is 0.315 e. The van der Waals surface area contributed by atoms with Crippen LogP contribution in [0.15, 0.2) is 0 Å². The lowest BCUT2D eigenvalue weighted by Gasteiger charge is -2.18. The first-order chi connectivity index (χ1) is 5.00. The van der Waals surface area contributed by atoms with E-state index in [1.165, 1.54) is 14.0 Å². The van der Waals surface area contributed by atoms with Gasteiger partial charge in [0.15, 0.2) is 0 Å². The van der Waals surface area contributed by atoms with E-state index in [9.17, 15) is 13.6 Å². The van der Waals surface area contributed by atoms with Crippen LogP contribution in [-0.4, -0.2) is 30.3 Å². The number of halogens is 2. The van der Waals surface area contributed by atoms with Gasteiger partial charge in [0, 0.05) is 7.05 Å². The molecule has 1 amide bonds. The Balaban J connectivity index is 4.16. The minimum atomic E-state index is -3.03. The quantitative estimate of drug-likeness (QED) is 0.597. The third-order valence-corrected chi connectivity index (χ3v) is 1.30. The summed E-state index contributed by atoms with van der Waals surface area (Å²) in [4.78, 5) is 11.2. The lowest BCUT2D eigenvalue weighted by atomic mass is 10.3. The molecule has 62 valence electrons. The Morgan fingerprint density at radius 3 is 2.36 bits per heavy atom. The van der Waals surface area contributed by atoms with Gasteiger partial charge in [-0.15, -0.1) is 0 Å². The number of alkyl halides is 2. The largest absolute Gasteiger partial charge is 0.325 e. The molecule has 0 spiro atoms. The number of hydrogen-bond acceptors (Lipinski definition) is 2. The summed E-state index contributed by atoms with van der Waals surface area (Å²) in [5, 5.41) is 8.25. The summed E-state index contributed by atoms with van der Waals surface area (Å²) in [6, 6.07) is 0.863. The SMILES string of the molecule is CC(C#N)N(C)C(=O)C(F)F. The van der Waals surface area contributed by atoms with Crippen molar-refractivity contribution in [2.75, 3.05) is 7.05 Å². The van der Waals surface area contributed by atoms with Crippen molar-refractivity contribution in [3.8, 4) is 6.07 Å². The lowest BCUT2D eigenvalue weighted by Crippen LogP contribution is -2.37. The molecule has 1 unspecified atom stereocenters. The zero-order chi connectivity index (χ0) is 9.02. The molecular weight excluding hydrogens is 154 g/mol. The van der Waals surface area contributed by atoms with E-state index < -0.39 is 18.4 Å². The molecule has 0 aromatic heterocycles. The van der Waals surface area contributed by atoms with Crippen molar-refractivity contribution < 1.29 is 13.6 Å². The Hall–Kier alpha value is -1.18. The molecule has 0 radical (unpaired) electrons. The molecule has 0 aromatic rings. The maximum atomic E-state index is 11.7. The molecule has 11 heavy (non-hydrogen) atoms. The van der Waals surface area contributed by atoms with Crippen molar-refractivity contribution in [3.63, 3.8) is 0 Å². The molecule has 0 saturated heterocycles. The molecule has 0 fully saturated rings. The summed E-state index contributed by atoms with van der Waals surface area (Å²) in [6.07, 6.45) is -3.03. The van der Waals surface area contributed by atoms with Crippen LogP contribution in [0, 0.1) is 11.3 Å². The van der Waals surface area contributed by atoms with E-state index in [2.05, 4.69) is 0 Å². The van der Waals surface area contributed by atoms with Crippen LogP contribution in [0.3, 0.4) is 0 Å². The van der Waals surface area contributed by atoms with Crippen LogP contribution in [0.25, 0.3) is 0 Å². The van der Waals surface area contributed by atoms with E-state index in [1.54, 1.807) is 6.07 Å². The monoisotopic (exact) mass is 162 g/mol.